The maximum atomic E-state index is 13.8. The Morgan fingerprint density at radius 1 is 1.11 bits per heavy atom. The van der Waals surface area contributed by atoms with Crippen molar-refractivity contribution >= 4 is 29.3 Å². The predicted octanol–water partition coefficient (Wildman–Crippen LogP) is 2.24. The van der Waals surface area contributed by atoms with Gasteiger partial charge in [0.2, 0.25) is 17.7 Å². The van der Waals surface area contributed by atoms with Crippen LogP contribution in [0.3, 0.4) is 0 Å². The highest BCUT2D eigenvalue weighted by atomic mass is 19.1. The van der Waals surface area contributed by atoms with Gasteiger partial charge in [-0.25, -0.2) is 9.18 Å². The van der Waals surface area contributed by atoms with Gasteiger partial charge in [0.25, 0.3) is 5.78 Å². The molecule has 0 aliphatic carbocycles. The highest BCUT2D eigenvalue weighted by molar-refractivity contribution is 5.89. The third-order valence-corrected chi connectivity index (χ3v) is 7.20. The first kappa shape index (κ1) is 24.1. The number of carboxylic acids is 1. The molecule has 0 spiro atoms. The molecule has 2 aliphatic rings. The Bertz CT molecular complexity index is 1450. The zero-order valence-electron chi connectivity index (χ0n) is 20.7. The molecule has 38 heavy (non-hydrogen) atoms. The average Bonchev–Trinajstić information content (AvgIpc) is 3.60. The highest BCUT2D eigenvalue weighted by Gasteiger charge is 2.27. The van der Waals surface area contributed by atoms with E-state index >= 15 is 0 Å². The first-order chi connectivity index (χ1) is 18.4. The number of halogens is 1. The number of hydrogen-bond acceptors (Lipinski definition) is 10. The van der Waals surface area contributed by atoms with Gasteiger partial charge in [0, 0.05) is 51.5 Å². The Morgan fingerprint density at radius 3 is 2.71 bits per heavy atom. The quantitative estimate of drug-likeness (QED) is 0.386. The molecule has 0 amide bonds. The summed E-state index contributed by atoms with van der Waals surface area (Å²) in [6, 6.07) is 7.84. The molecule has 2 aliphatic heterocycles. The molecule has 13 heteroatoms. The molecule has 0 saturated carbocycles. The Morgan fingerprint density at radius 2 is 1.95 bits per heavy atom. The fourth-order valence-electron chi connectivity index (χ4n) is 5.27. The van der Waals surface area contributed by atoms with Crippen molar-refractivity contribution in [2.75, 3.05) is 61.3 Å². The predicted molar refractivity (Wildman–Crippen MR) is 138 cm³/mol. The van der Waals surface area contributed by atoms with Gasteiger partial charge in [-0.2, -0.15) is 19.5 Å². The summed E-state index contributed by atoms with van der Waals surface area (Å²) < 4.78 is 20.6. The fraction of sp³-hybridized carbons (Fsp3) is 0.400. The lowest BCUT2D eigenvalue weighted by molar-refractivity contribution is 0.0692. The van der Waals surface area contributed by atoms with Gasteiger partial charge in [0.05, 0.1) is 11.8 Å². The largest absolute Gasteiger partial charge is 0.478 e. The standard InChI is InChI=1S/C25H28FN9O3/c26-19-6-5-17(13-18(19)22(36)37)33-10-8-32(9-11-33)14-16-3-1-7-34(15-16)24-29-23(27)35-25(30-24)28-21(31-35)20-4-2-12-38-20/h2,4-6,12-13,16H,1,3,7-11,14-15H2,(H,36,37)(H2,27,28,29,30,31)/t16-/m0/s1. The Hall–Kier alpha value is -4.26. The zero-order chi connectivity index (χ0) is 26.2. The summed E-state index contributed by atoms with van der Waals surface area (Å²) in [5.41, 5.74) is 6.64. The molecule has 12 nitrogen and oxygen atoms in total. The summed E-state index contributed by atoms with van der Waals surface area (Å²) in [6.07, 6.45) is 3.70. The van der Waals surface area contributed by atoms with Crippen LogP contribution in [0.1, 0.15) is 23.2 Å². The molecular formula is C25H28FN9O3. The molecule has 6 rings (SSSR count). The van der Waals surface area contributed by atoms with Gasteiger partial charge in [-0.1, -0.05) is 0 Å². The van der Waals surface area contributed by atoms with Crippen LogP contribution in [0.5, 0.6) is 0 Å². The topological polar surface area (TPSA) is 142 Å². The fourth-order valence-corrected chi connectivity index (χ4v) is 5.27. The van der Waals surface area contributed by atoms with E-state index in [9.17, 15) is 14.3 Å². The lowest BCUT2D eigenvalue weighted by Crippen LogP contribution is -2.50. The number of nitrogen functional groups attached to an aromatic ring is 1. The van der Waals surface area contributed by atoms with E-state index in [4.69, 9.17) is 10.2 Å². The zero-order valence-corrected chi connectivity index (χ0v) is 20.7. The van der Waals surface area contributed by atoms with Crippen LogP contribution in [-0.4, -0.2) is 86.4 Å². The maximum Gasteiger partial charge on any atom is 0.338 e. The molecule has 2 fully saturated rings. The number of fused-ring (bicyclic) bond motifs is 1. The molecule has 5 heterocycles. The Balaban J connectivity index is 1.09. The van der Waals surface area contributed by atoms with Gasteiger partial charge < -0.3 is 25.1 Å². The van der Waals surface area contributed by atoms with Crippen LogP contribution in [0.15, 0.2) is 41.0 Å². The third-order valence-electron chi connectivity index (χ3n) is 7.20. The highest BCUT2D eigenvalue weighted by Crippen LogP contribution is 2.25. The maximum absolute atomic E-state index is 13.8. The number of nitrogens with zero attached hydrogens (tertiary/aromatic N) is 8. The second-order valence-corrected chi connectivity index (χ2v) is 9.72. The van der Waals surface area contributed by atoms with Crippen molar-refractivity contribution in [1.29, 1.82) is 0 Å². The SMILES string of the molecule is Nc1nc(N2CCC[C@@H](CN3CCN(c4ccc(F)c(C(=O)O)c4)CC3)C2)nc2nc(-c3ccco3)nn12. The van der Waals surface area contributed by atoms with Gasteiger partial charge in [-0.05, 0) is 49.1 Å². The number of carboxylic acid groups (broad SMARTS) is 1. The summed E-state index contributed by atoms with van der Waals surface area (Å²) in [6.45, 7) is 5.80. The van der Waals surface area contributed by atoms with Crippen LogP contribution in [-0.2, 0) is 0 Å². The van der Waals surface area contributed by atoms with Crippen LogP contribution in [0.2, 0.25) is 0 Å². The number of rotatable bonds is 6. The summed E-state index contributed by atoms with van der Waals surface area (Å²) in [4.78, 5) is 31.6. The van der Waals surface area contributed by atoms with Gasteiger partial charge >= 0.3 is 5.97 Å². The molecule has 1 atom stereocenters. The molecule has 0 bridgehead atoms. The third kappa shape index (κ3) is 4.72. The summed E-state index contributed by atoms with van der Waals surface area (Å²) in [7, 11) is 0. The van der Waals surface area contributed by atoms with Crippen molar-refractivity contribution in [2.45, 2.75) is 12.8 Å². The first-order valence-electron chi connectivity index (χ1n) is 12.6. The van der Waals surface area contributed by atoms with E-state index in [1.54, 1.807) is 24.5 Å². The molecule has 4 aromatic rings. The minimum atomic E-state index is -1.25. The van der Waals surface area contributed by atoms with Crippen molar-refractivity contribution in [2.24, 2.45) is 5.92 Å². The van der Waals surface area contributed by atoms with Gasteiger partial charge in [0.1, 0.15) is 5.82 Å². The van der Waals surface area contributed by atoms with Crippen molar-refractivity contribution in [1.82, 2.24) is 29.5 Å². The Labute approximate surface area is 217 Å². The van der Waals surface area contributed by atoms with E-state index in [0.29, 0.717) is 29.2 Å². The molecular weight excluding hydrogens is 493 g/mol. The molecule has 2 saturated heterocycles. The van der Waals surface area contributed by atoms with Crippen molar-refractivity contribution in [3.63, 3.8) is 0 Å². The second kappa shape index (κ2) is 9.89. The van der Waals surface area contributed by atoms with Crippen LogP contribution >= 0.6 is 0 Å². The summed E-state index contributed by atoms with van der Waals surface area (Å²) in [5, 5.41) is 13.6. The van der Waals surface area contributed by atoms with Crippen LogP contribution in [0, 0.1) is 11.7 Å². The number of anilines is 3. The number of nitrogens with two attached hydrogens (primary N) is 1. The first-order valence-corrected chi connectivity index (χ1v) is 12.6. The summed E-state index contributed by atoms with van der Waals surface area (Å²) >= 11 is 0. The lowest BCUT2D eigenvalue weighted by atomic mass is 9.97. The van der Waals surface area contributed by atoms with Crippen molar-refractivity contribution in [3.8, 4) is 11.6 Å². The van der Waals surface area contributed by atoms with E-state index in [0.717, 1.165) is 64.3 Å². The monoisotopic (exact) mass is 521 g/mol. The van der Waals surface area contributed by atoms with E-state index in [1.807, 2.05) is 0 Å². The van der Waals surface area contributed by atoms with E-state index in [-0.39, 0.29) is 11.5 Å². The van der Waals surface area contributed by atoms with E-state index < -0.39 is 11.8 Å². The number of benzene rings is 1. The Kier molecular flexibility index (Phi) is 6.27. The normalized spacial score (nSPS) is 18.8. The molecule has 198 valence electrons. The smallest absolute Gasteiger partial charge is 0.338 e. The number of carbonyl (C=O) groups is 1. The van der Waals surface area contributed by atoms with Gasteiger partial charge in [0.15, 0.2) is 5.76 Å². The number of piperidine rings is 1. The molecule has 1 aromatic carbocycles. The molecule has 3 N–H and O–H groups in total. The molecule has 0 radical (unpaired) electrons. The number of hydrogen-bond donors (Lipinski definition) is 2. The number of aromatic carboxylic acids is 1. The van der Waals surface area contributed by atoms with Crippen LogP contribution in [0.4, 0.5) is 22.0 Å². The average molecular weight is 522 g/mol. The van der Waals surface area contributed by atoms with Crippen LogP contribution in [0.25, 0.3) is 17.4 Å². The second-order valence-electron chi connectivity index (χ2n) is 9.72. The molecule has 3 aromatic heterocycles. The number of furan rings is 1. The molecule has 0 unspecified atom stereocenters. The van der Waals surface area contributed by atoms with E-state index in [2.05, 4.69) is 34.8 Å². The number of aromatic nitrogens is 5. The van der Waals surface area contributed by atoms with Crippen molar-refractivity contribution in [3.05, 3.63) is 48.0 Å². The van der Waals surface area contributed by atoms with Gasteiger partial charge in [-0.3, -0.25) is 4.90 Å². The van der Waals surface area contributed by atoms with E-state index in [1.165, 1.54) is 16.6 Å². The summed E-state index contributed by atoms with van der Waals surface area (Å²) in [5.74, 6) is 0.570. The van der Waals surface area contributed by atoms with Crippen molar-refractivity contribution < 1.29 is 18.7 Å². The number of piperazine rings is 1. The van der Waals surface area contributed by atoms with Gasteiger partial charge in [-0.15, -0.1) is 5.10 Å². The van der Waals surface area contributed by atoms with Crippen LogP contribution < -0.4 is 15.5 Å². The minimum Gasteiger partial charge on any atom is -0.478 e. The lowest BCUT2D eigenvalue weighted by Gasteiger charge is -2.40. The minimum absolute atomic E-state index is 0.223.